The maximum absolute atomic E-state index is 4.84. The lowest BCUT2D eigenvalue weighted by atomic mass is 9.45. The molecular formula is C28H41N3. The van der Waals surface area contributed by atoms with Gasteiger partial charge in [-0.3, -0.25) is 0 Å². The third-order valence-electron chi connectivity index (χ3n) is 10.1. The summed E-state index contributed by atoms with van der Waals surface area (Å²) in [4.78, 5) is 2.12. The largest absolute Gasteiger partial charge is 0.378 e. The molecule has 6 atom stereocenters. The number of fused-ring (bicyclic) bond motifs is 5. The maximum Gasteiger partial charge on any atom is 0.0568 e. The van der Waals surface area contributed by atoms with E-state index in [1.54, 1.807) is 0 Å². The van der Waals surface area contributed by atoms with E-state index in [1.807, 2.05) is 6.21 Å². The molecule has 5 rings (SSSR count). The van der Waals surface area contributed by atoms with E-state index in [4.69, 9.17) is 5.10 Å². The first-order valence-electron chi connectivity index (χ1n) is 12.8. The zero-order valence-electron chi connectivity index (χ0n) is 20.1. The van der Waals surface area contributed by atoms with E-state index in [0.717, 1.165) is 35.7 Å². The van der Waals surface area contributed by atoms with Crippen LogP contribution in [0.3, 0.4) is 0 Å². The van der Waals surface area contributed by atoms with Crippen molar-refractivity contribution in [1.29, 1.82) is 0 Å². The van der Waals surface area contributed by atoms with Crippen molar-refractivity contribution in [1.82, 2.24) is 0 Å². The first-order chi connectivity index (χ1) is 14.9. The summed E-state index contributed by atoms with van der Waals surface area (Å²) in [6.07, 6.45) is 16.1. The molecule has 4 aliphatic rings. The second-order valence-electron chi connectivity index (χ2n) is 11.7. The quantitative estimate of drug-likeness (QED) is 0.384. The van der Waals surface area contributed by atoms with Gasteiger partial charge in [-0.05, 0) is 98.1 Å². The molecule has 4 saturated carbocycles. The van der Waals surface area contributed by atoms with E-state index >= 15 is 0 Å². The van der Waals surface area contributed by atoms with E-state index in [0.29, 0.717) is 5.41 Å². The summed E-state index contributed by atoms with van der Waals surface area (Å²) in [7, 11) is 4.14. The van der Waals surface area contributed by atoms with Crippen molar-refractivity contribution in [2.45, 2.75) is 78.1 Å². The van der Waals surface area contributed by atoms with E-state index in [2.05, 4.69) is 62.2 Å². The lowest BCUT2D eigenvalue weighted by Crippen LogP contribution is -2.52. The Morgan fingerprint density at radius 1 is 0.903 bits per heavy atom. The number of hydrogen-bond donors (Lipinski definition) is 0. The number of nitrogens with zero attached hydrogens (tertiary/aromatic N) is 3. The molecule has 0 amide bonds. The highest BCUT2D eigenvalue weighted by atomic mass is 15.2. The SMILES string of the molecule is CN(C)c1ccc(C=NN=C2CC[C@@H]3[C@H]4CC[C@H]5CCCC[C@]5(C)[C@@H]4CC[C@]23C)cc1. The molecule has 0 heterocycles. The number of rotatable bonds is 3. The van der Waals surface area contributed by atoms with Crippen molar-refractivity contribution in [3.05, 3.63) is 29.8 Å². The van der Waals surface area contributed by atoms with Gasteiger partial charge in [-0.15, -0.1) is 0 Å². The van der Waals surface area contributed by atoms with E-state index in [1.165, 1.54) is 69.2 Å². The Morgan fingerprint density at radius 3 is 2.48 bits per heavy atom. The van der Waals surface area contributed by atoms with Gasteiger partial charge in [0.15, 0.2) is 0 Å². The molecule has 0 saturated heterocycles. The summed E-state index contributed by atoms with van der Waals surface area (Å²) >= 11 is 0. The van der Waals surface area contributed by atoms with Gasteiger partial charge >= 0.3 is 0 Å². The smallest absolute Gasteiger partial charge is 0.0568 e. The monoisotopic (exact) mass is 419 g/mol. The zero-order valence-corrected chi connectivity index (χ0v) is 20.1. The first kappa shape index (κ1) is 21.2. The normalized spacial score (nSPS) is 41.1. The molecule has 0 N–H and O–H groups in total. The molecule has 0 aliphatic heterocycles. The Balaban J connectivity index is 1.32. The molecule has 1 aromatic rings. The topological polar surface area (TPSA) is 28.0 Å². The summed E-state index contributed by atoms with van der Waals surface area (Å²) in [6, 6.07) is 8.55. The van der Waals surface area contributed by atoms with Crippen LogP contribution in [0.2, 0.25) is 0 Å². The third kappa shape index (κ3) is 3.56. The maximum atomic E-state index is 4.84. The Morgan fingerprint density at radius 2 is 1.71 bits per heavy atom. The number of anilines is 1. The van der Waals surface area contributed by atoms with Gasteiger partial charge in [-0.25, -0.2) is 0 Å². The predicted molar refractivity (Wildman–Crippen MR) is 132 cm³/mol. The minimum atomic E-state index is 0.283. The average Bonchev–Trinajstić information content (AvgIpc) is 3.10. The fourth-order valence-electron chi connectivity index (χ4n) is 8.27. The van der Waals surface area contributed by atoms with Gasteiger partial charge in [0.25, 0.3) is 0 Å². The molecule has 4 aliphatic carbocycles. The Labute approximate surface area is 189 Å². The zero-order chi connectivity index (χ0) is 21.6. The van der Waals surface area contributed by atoms with Crippen LogP contribution in [0.15, 0.2) is 34.5 Å². The summed E-state index contributed by atoms with van der Waals surface area (Å²) in [5.74, 6) is 3.72. The molecule has 0 bridgehead atoms. The molecule has 4 fully saturated rings. The molecule has 0 aromatic heterocycles. The summed E-state index contributed by atoms with van der Waals surface area (Å²) < 4.78 is 0. The van der Waals surface area contributed by atoms with Gasteiger partial charge in [0.1, 0.15) is 0 Å². The molecule has 0 unspecified atom stereocenters. The van der Waals surface area contributed by atoms with Crippen molar-refractivity contribution in [3.8, 4) is 0 Å². The first-order valence-corrected chi connectivity index (χ1v) is 12.8. The van der Waals surface area contributed by atoms with Crippen LogP contribution in [0, 0.1) is 34.5 Å². The molecule has 0 spiro atoms. The van der Waals surface area contributed by atoms with Crippen LogP contribution in [0.25, 0.3) is 0 Å². The van der Waals surface area contributed by atoms with Crippen LogP contribution in [-0.4, -0.2) is 26.0 Å². The van der Waals surface area contributed by atoms with Crippen molar-refractivity contribution >= 4 is 17.6 Å². The molecule has 0 radical (unpaired) electrons. The Hall–Kier alpha value is -1.64. The second-order valence-corrected chi connectivity index (χ2v) is 11.7. The van der Waals surface area contributed by atoms with Crippen molar-refractivity contribution in [3.63, 3.8) is 0 Å². The van der Waals surface area contributed by atoms with Gasteiger partial charge < -0.3 is 4.90 Å². The highest BCUT2D eigenvalue weighted by molar-refractivity contribution is 5.93. The van der Waals surface area contributed by atoms with Crippen LogP contribution in [0.4, 0.5) is 5.69 Å². The summed E-state index contributed by atoms with van der Waals surface area (Å²) in [5, 5.41) is 9.41. The van der Waals surface area contributed by atoms with E-state index in [-0.39, 0.29) is 5.41 Å². The van der Waals surface area contributed by atoms with Gasteiger partial charge in [0, 0.05) is 30.9 Å². The van der Waals surface area contributed by atoms with Crippen molar-refractivity contribution in [2.24, 2.45) is 44.7 Å². The van der Waals surface area contributed by atoms with Gasteiger partial charge in [-0.1, -0.05) is 38.8 Å². The van der Waals surface area contributed by atoms with Crippen LogP contribution in [-0.2, 0) is 0 Å². The van der Waals surface area contributed by atoms with E-state index < -0.39 is 0 Å². The molecule has 31 heavy (non-hydrogen) atoms. The van der Waals surface area contributed by atoms with Gasteiger partial charge in [0.2, 0.25) is 0 Å². The minimum absolute atomic E-state index is 0.283. The van der Waals surface area contributed by atoms with Crippen molar-refractivity contribution in [2.75, 3.05) is 19.0 Å². The Bertz CT molecular complexity index is 854. The molecule has 3 heteroatoms. The van der Waals surface area contributed by atoms with Crippen LogP contribution in [0.5, 0.6) is 0 Å². The fourth-order valence-corrected chi connectivity index (χ4v) is 8.27. The minimum Gasteiger partial charge on any atom is -0.378 e. The fraction of sp³-hybridized carbons (Fsp3) is 0.714. The van der Waals surface area contributed by atoms with E-state index in [9.17, 15) is 0 Å². The highest BCUT2D eigenvalue weighted by Crippen LogP contribution is 2.65. The molecule has 1 aromatic carbocycles. The third-order valence-corrected chi connectivity index (χ3v) is 10.1. The number of hydrogen-bond acceptors (Lipinski definition) is 3. The lowest BCUT2D eigenvalue weighted by Gasteiger charge is -2.59. The molecular weight excluding hydrogens is 378 g/mol. The Kier molecular flexibility index (Phi) is 5.51. The van der Waals surface area contributed by atoms with Crippen LogP contribution in [0.1, 0.15) is 83.6 Å². The van der Waals surface area contributed by atoms with Gasteiger partial charge in [-0.2, -0.15) is 10.2 Å². The second kappa shape index (κ2) is 8.05. The lowest BCUT2D eigenvalue weighted by molar-refractivity contribution is -0.0936. The average molecular weight is 420 g/mol. The van der Waals surface area contributed by atoms with Crippen molar-refractivity contribution < 1.29 is 0 Å². The standard InChI is InChI=1S/C28H41N3/c1-27-17-6-5-7-21(27)10-13-23-24-14-15-26(28(24,2)18-16-25(23)27)30-29-19-20-8-11-22(12-9-20)31(3)4/h8-9,11-12,19,21,23-25H,5-7,10,13-18H2,1-4H3/t21-,23-,24-,25-,27+,28+/m1/s1. The molecule has 168 valence electrons. The van der Waals surface area contributed by atoms with Crippen LogP contribution >= 0.6 is 0 Å². The van der Waals surface area contributed by atoms with Gasteiger partial charge in [0.05, 0.1) is 6.21 Å². The predicted octanol–water partition coefficient (Wildman–Crippen LogP) is 6.96. The highest BCUT2D eigenvalue weighted by Gasteiger charge is 2.58. The summed E-state index contributed by atoms with van der Waals surface area (Å²) in [6.45, 7) is 5.20. The number of benzene rings is 1. The molecule has 3 nitrogen and oxygen atoms in total. The summed E-state index contributed by atoms with van der Waals surface area (Å²) in [5.41, 5.74) is 4.63. The van der Waals surface area contributed by atoms with Crippen LogP contribution < -0.4 is 4.90 Å².